The SMILES string of the molecule is C=C(C(=O)OCC)[C@H]1CCCC[C@@H]1C. The van der Waals surface area contributed by atoms with Crippen LogP contribution in [0, 0.1) is 11.8 Å². The van der Waals surface area contributed by atoms with Gasteiger partial charge in [-0.25, -0.2) is 4.79 Å². The van der Waals surface area contributed by atoms with Crippen molar-refractivity contribution in [2.45, 2.75) is 39.5 Å². The number of carbonyl (C=O) groups is 1. The number of rotatable bonds is 3. The molecule has 1 fully saturated rings. The normalized spacial score (nSPS) is 27.0. The lowest BCUT2D eigenvalue weighted by Crippen LogP contribution is -2.23. The first-order chi connectivity index (χ1) is 6.66. The monoisotopic (exact) mass is 196 g/mol. The van der Waals surface area contributed by atoms with Crippen LogP contribution in [0.5, 0.6) is 0 Å². The van der Waals surface area contributed by atoms with Crippen molar-refractivity contribution in [3.05, 3.63) is 12.2 Å². The molecule has 0 spiro atoms. The highest BCUT2D eigenvalue weighted by atomic mass is 16.5. The van der Waals surface area contributed by atoms with E-state index in [1.165, 1.54) is 19.3 Å². The number of ether oxygens (including phenoxy) is 1. The smallest absolute Gasteiger partial charge is 0.333 e. The topological polar surface area (TPSA) is 26.3 Å². The van der Waals surface area contributed by atoms with E-state index in [1.54, 1.807) is 0 Å². The molecular formula is C12H20O2. The molecule has 1 aliphatic rings. The fourth-order valence-corrected chi connectivity index (χ4v) is 2.21. The summed E-state index contributed by atoms with van der Waals surface area (Å²) in [7, 11) is 0. The van der Waals surface area contributed by atoms with Gasteiger partial charge < -0.3 is 4.74 Å². The average Bonchev–Trinajstić information content (AvgIpc) is 2.18. The summed E-state index contributed by atoms with van der Waals surface area (Å²) in [5.74, 6) is 0.731. The van der Waals surface area contributed by atoms with Crippen LogP contribution in [0.25, 0.3) is 0 Å². The van der Waals surface area contributed by atoms with Gasteiger partial charge in [0, 0.05) is 5.57 Å². The zero-order valence-electron chi connectivity index (χ0n) is 9.21. The van der Waals surface area contributed by atoms with E-state index in [0.29, 0.717) is 24.0 Å². The highest BCUT2D eigenvalue weighted by Gasteiger charge is 2.27. The van der Waals surface area contributed by atoms with Gasteiger partial charge in [-0.05, 0) is 25.2 Å². The van der Waals surface area contributed by atoms with E-state index in [1.807, 2.05) is 6.92 Å². The second kappa shape index (κ2) is 5.18. The van der Waals surface area contributed by atoms with Gasteiger partial charge in [0.25, 0.3) is 0 Å². The van der Waals surface area contributed by atoms with Gasteiger partial charge in [-0.1, -0.05) is 32.8 Å². The quantitative estimate of drug-likeness (QED) is 0.512. The van der Waals surface area contributed by atoms with Crippen LogP contribution in [0.1, 0.15) is 39.5 Å². The second-order valence-electron chi connectivity index (χ2n) is 4.11. The van der Waals surface area contributed by atoms with E-state index in [9.17, 15) is 4.79 Å². The number of hydrogen-bond acceptors (Lipinski definition) is 2. The molecule has 2 nitrogen and oxygen atoms in total. The Bertz CT molecular complexity index is 220. The lowest BCUT2D eigenvalue weighted by molar-refractivity contribution is -0.139. The van der Waals surface area contributed by atoms with E-state index in [2.05, 4.69) is 13.5 Å². The molecule has 0 N–H and O–H groups in total. The molecule has 0 aromatic rings. The minimum Gasteiger partial charge on any atom is -0.463 e. The molecule has 1 saturated carbocycles. The lowest BCUT2D eigenvalue weighted by atomic mass is 9.76. The van der Waals surface area contributed by atoms with E-state index in [-0.39, 0.29) is 5.97 Å². The van der Waals surface area contributed by atoms with Crippen molar-refractivity contribution in [1.82, 2.24) is 0 Å². The van der Waals surface area contributed by atoms with Crippen LogP contribution in [0.2, 0.25) is 0 Å². The second-order valence-corrected chi connectivity index (χ2v) is 4.11. The molecule has 0 bridgehead atoms. The Labute approximate surface area is 86.3 Å². The summed E-state index contributed by atoms with van der Waals surface area (Å²) in [5.41, 5.74) is 0.680. The highest BCUT2D eigenvalue weighted by molar-refractivity contribution is 5.88. The van der Waals surface area contributed by atoms with Crippen molar-refractivity contribution in [1.29, 1.82) is 0 Å². The van der Waals surface area contributed by atoms with Crippen molar-refractivity contribution in [3.63, 3.8) is 0 Å². The van der Waals surface area contributed by atoms with E-state index in [4.69, 9.17) is 4.74 Å². The van der Waals surface area contributed by atoms with Gasteiger partial charge >= 0.3 is 5.97 Å². The lowest BCUT2D eigenvalue weighted by Gasteiger charge is -2.29. The molecule has 2 atom stereocenters. The van der Waals surface area contributed by atoms with Crippen molar-refractivity contribution >= 4 is 5.97 Å². The summed E-state index contributed by atoms with van der Waals surface area (Å²) in [4.78, 5) is 11.5. The van der Waals surface area contributed by atoms with Gasteiger partial charge in [0.15, 0.2) is 0 Å². The maximum absolute atomic E-state index is 11.5. The van der Waals surface area contributed by atoms with Crippen molar-refractivity contribution in [3.8, 4) is 0 Å². The van der Waals surface area contributed by atoms with E-state index >= 15 is 0 Å². The van der Waals surface area contributed by atoms with Crippen LogP contribution >= 0.6 is 0 Å². The Morgan fingerprint density at radius 2 is 2.07 bits per heavy atom. The van der Waals surface area contributed by atoms with Gasteiger partial charge in [-0.3, -0.25) is 0 Å². The molecule has 0 amide bonds. The Morgan fingerprint density at radius 3 is 2.64 bits per heavy atom. The Kier molecular flexibility index (Phi) is 4.18. The summed E-state index contributed by atoms with van der Waals surface area (Å²) in [5, 5.41) is 0. The van der Waals surface area contributed by atoms with Gasteiger partial charge in [-0.15, -0.1) is 0 Å². The number of hydrogen-bond donors (Lipinski definition) is 0. The third kappa shape index (κ3) is 2.60. The fraction of sp³-hybridized carbons (Fsp3) is 0.750. The number of esters is 1. The molecule has 0 aromatic carbocycles. The Hall–Kier alpha value is -0.790. The van der Waals surface area contributed by atoms with Crippen LogP contribution in [-0.2, 0) is 9.53 Å². The number of carbonyl (C=O) groups excluding carboxylic acids is 1. The van der Waals surface area contributed by atoms with E-state index in [0.717, 1.165) is 6.42 Å². The maximum atomic E-state index is 11.5. The molecule has 0 aromatic heterocycles. The largest absolute Gasteiger partial charge is 0.463 e. The standard InChI is InChI=1S/C12H20O2/c1-4-14-12(13)10(3)11-8-6-5-7-9(11)2/h9,11H,3-8H2,1-2H3/t9-,11-/m0/s1. The molecule has 0 aliphatic heterocycles. The first-order valence-corrected chi connectivity index (χ1v) is 5.52. The summed E-state index contributed by atoms with van der Waals surface area (Å²) in [6.45, 7) is 8.35. The molecule has 0 saturated heterocycles. The minimum absolute atomic E-state index is 0.203. The predicted octanol–water partition coefficient (Wildman–Crippen LogP) is 2.93. The highest BCUT2D eigenvalue weighted by Crippen LogP contribution is 2.34. The van der Waals surface area contributed by atoms with Crippen LogP contribution < -0.4 is 0 Å². The van der Waals surface area contributed by atoms with Crippen molar-refractivity contribution in [2.24, 2.45) is 11.8 Å². The third-order valence-corrected chi connectivity index (χ3v) is 3.10. The zero-order valence-corrected chi connectivity index (χ0v) is 9.21. The van der Waals surface area contributed by atoms with Crippen LogP contribution in [0.3, 0.4) is 0 Å². The maximum Gasteiger partial charge on any atom is 0.333 e. The summed E-state index contributed by atoms with van der Waals surface area (Å²) < 4.78 is 4.97. The van der Waals surface area contributed by atoms with Gasteiger partial charge in [0.1, 0.15) is 0 Å². The van der Waals surface area contributed by atoms with E-state index < -0.39 is 0 Å². The molecular weight excluding hydrogens is 176 g/mol. The summed E-state index contributed by atoms with van der Waals surface area (Å²) in [6, 6.07) is 0. The minimum atomic E-state index is -0.203. The molecule has 0 heterocycles. The molecule has 2 heteroatoms. The predicted molar refractivity (Wildman–Crippen MR) is 56.9 cm³/mol. The molecule has 1 aliphatic carbocycles. The first kappa shape index (κ1) is 11.3. The molecule has 0 unspecified atom stereocenters. The van der Waals surface area contributed by atoms with Gasteiger partial charge in [0.05, 0.1) is 6.61 Å². The summed E-state index contributed by atoms with van der Waals surface area (Å²) >= 11 is 0. The van der Waals surface area contributed by atoms with Crippen LogP contribution in [0.4, 0.5) is 0 Å². The molecule has 0 radical (unpaired) electrons. The van der Waals surface area contributed by atoms with Gasteiger partial charge in [0.2, 0.25) is 0 Å². The average molecular weight is 196 g/mol. The summed E-state index contributed by atoms with van der Waals surface area (Å²) in [6.07, 6.45) is 4.81. The zero-order chi connectivity index (χ0) is 10.6. The van der Waals surface area contributed by atoms with Crippen molar-refractivity contribution in [2.75, 3.05) is 6.61 Å². The third-order valence-electron chi connectivity index (χ3n) is 3.10. The van der Waals surface area contributed by atoms with Gasteiger partial charge in [-0.2, -0.15) is 0 Å². The molecule has 14 heavy (non-hydrogen) atoms. The fourth-order valence-electron chi connectivity index (χ4n) is 2.21. The molecule has 1 rings (SSSR count). The van der Waals surface area contributed by atoms with Crippen LogP contribution in [0.15, 0.2) is 12.2 Å². The molecule has 80 valence electrons. The first-order valence-electron chi connectivity index (χ1n) is 5.52. The van der Waals surface area contributed by atoms with Crippen LogP contribution in [-0.4, -0.2) is 12.6 Å². The van der Waals surface area contributed by atoms with Crippen molar-refractivity contribution < 1.29 is 9.53 Å². The Balaban J connectivity index is 2.53. The Morgan fingerprint density at radius 1 is 1.43 bits per heavy atom.